The van der Waals surface area contributed by atoms with Gasteiger partial charge in [-0.25, -0.2) is 9.37 Å². The maximum Gasteiger partial charge on any atom is 0.140 e. The first kappa shape index (κ1) is 15.7. The summed E-state index contributed by atoms with van der Waals surface area (Å²) in [6.07, 6.45) is 5.46. The van der Waals surface area contributed by atoms with E-state index in [1.54, 1.807) is 0 Å². The molecule has 2 atom stereocenters. The Hall–Kier alpha value is -1.20. The zero-order valence-electron chi connectivity index (χ0n) is 13.1. The Balaban J connectivity index is 1.31. The van der Waals surface area contributed by atoms with Gasteiger partial charge >= 0.3 is 0 Å². The number of unbranched alkanes of at least 4 members (excludes halogenated alkanes) is 2. The number of hydrogen-bond donors (Lipinski definition) is 2. The number of aromatic nitrogens is 1. The van der Waals surface area contributed by atoms with Crippen LogP contribution in [0.25, 0.3) is 0 Å². The van der Waals surface area contributed by atoms with Crippen LogP contribution in [0, 0.1) is 0 Å². The lowest BCUT2D eigenvalue weighted by atomic mass is 10.1. The molecule has 0 aliphatic carbocycles. The summed E-state index contributed by atoms with van der Waals surface area (Å²) in [5.74, 6) is 1.08. The van der Waals surface area contributed by atoms with Gasteiger partial charge in [-0.05, 0) is 43.7 Å². The summed E-state index contributed by atoms with van der Waals surface area (Å²) in [5.41, 5.74) is 2.51. The highest BCUT2D eigenvalue weighted by Gasteiger charge is 2.26. The number of anilines is 1. The molecular weight excluding hydrogens is 281 g/mol. The zero-order valence-corrected chi connectivity index (χ0v) is 13.1. The van der Waals surface area contributed by atoms with Crippen molar-refractivity contribution < 1.29 is 9.13 Å². The van der Waals surface area contributed by atoms with Crippen molar-refractivity contribution in [3.63, 3.8) is 0 Å². The molecule has 122 valence electrons. The van der Waals surface area contributed by atoms with Crippen molar-refractivity contribution in [3.05, 3.63) is 23.4 Å². The number of ether oxygens (including phenoxy) is 1. The first-order valence-electron chi connectivity index (χ1n) is 8.52. The Morgan fingerprint density at radius 1 is 1.23 bits per heavy atom. The molecule has 0 spiro atoms. The molecule has 1 aromatic heterocycles. The smallest absolute Gasteiger partial charge is 0.140 e. The van der Waals surface area contributed by atoms with Crippen LogP contribution in [0.2, 0.25) is 0 Å². The van der Waals surface area contributed by atoms with Crippen LogP contribution < -0.4 is 10.6 Å². The lowest BCUT2D eigenvalue weighted by Crippen LogP contribution is -2.24. The third-order valence-corrected chi connectivity index (χ3v) is 4.45. The highest BCUT2D eigenvalue weighted by atomic mass is 19.1. The van der Waals surface area contributed by atoms with Crippen LogP contribution in [-0.4, -0.2) is 43.5 Å². The third-order valence-electron chi connectivity index (χ3n) is 4.45. The number of fused-ring (bicyclic) bond motifs is 1. The maximum atomic E-state index is 13.3. The van der Waals surface area contributed by atoms with E-state index in [9.17, 15) is 4.39 Å². The standard InChI is InChI=1S/C17H26FN3O/c18-15-11-19-12-16(15)22-10-3-1-2-6-14-8-7-13-5-4-9-20-17(13)21-14/h7-8,15-16,19H,1-6,9-12H2,(H,20,21)/t15-,16+/m1/s1. The van der Waals surface area contributed by atoms with Gasteiger partial charge in [0.1, 0.15) is 18.1 Å². The van der Waals surface area contributed by atoms with E-state index in [1.807, 2.05) is 0 Å². The SMILES string of the molecule is F[C@@H]1CNC[C@@H]1OCCCCCc1ccc2c(n1)NCCC2. The summed E-state index contributed by atoms with van der Waals surface area (Å²) in [5, 5.41) is 6.38. The molecule has 0 unspecified atom stereocenters. The van der Waals surface area contributed by atoms with Gasteiger partial charge in [-0.2, -0.15) is 0 Å². The first-order chi connectivity index (χ1) is 10.8. The van der Waals surface area contributed by atoms with Crippen LogP contribution in [0.15, 0.2) is 12.1 Å². The molecule has 0 radical (unpaired) electrons. The van der Waals surface area contributed by atoms with Gasteiger partial charge in [-0.1, -0.05) is 12.5 Å². The maximum absolute atomic E-state index is 13.3. The fourth-order valence-electron chi connectivity index (χ4n) is 3.11. The van der Waals surface area contributed by atoms with Crippen LogP contribution >= 0.6 is 0 Å². The second kappa shape index (κ2) is 7.88. The molecule has 1 fully saturated rings. The molecule has 1 aromatic rings. The Bertz CT molecular complexity index is 483. The molecule has 5 heteroatoms. The van der Waals surface area contributed by atoms with Crippen LogP contribution in [-0.2, 0) is 17.6 Å². The van der Waals surface area contributed by atoms with E-state index in [4.69, 9.17) is 9.72 Å². The largest absolute Gasteiger partial charge is 0.374 e. The van der Waals surface area contributed by atoms with Crippen molar-refractivity contribution in [1.82, 2.24) is 10.3 Å². The van der Waals surface area contributed by atoms with Gasteiger partial charge < -0.3 is 15.4 Å². The predicted molar refractivity (Wildman–Crippen MR) is 86.1 cm³/mol. The van der Waals surface area contributed by atoms with Gasteiger partial charge in [-0.3, -0.25) is 0 Å². The molecule has 1 saturated heterocycles. The first-order valence-corrected chi connectivity index (χ1v) is 8.52. The summed E-state index contributed by atoms with van der Waals surface area (Å²) < 4.78 is 18.9. The summed E-state index contributed by atoms with van der Waals surface area (Å²) in [4.78, 5) is 4.70. The molecule has 2 aliphatic heterocycles. The number of nitrogens with one attached hydrogen (secondary N) is 2. The number of aryl methyl sites for hydroxylation is 2. The molecule has 3 rings (SSSR count). The molecule has 22 heavy (non-hydrogen) atoms. The number of halogens is 1. The Morgan fingerprint density at radius 2 is 2.18 bits per heavy atom. The second-order valence-electron chi connectivity index (χ2n) is 6.23. The van der Waals surface area contributed by atoms with Crippen LogP contribution in [0.1, 0.15) is 36.9 Å². The van der Waals surface area contributed by atoms with Crippen molar-refractivity contribution in [2.24, 2.45) is 0 Å². The number of pyridine rings is 1. The summed E-state index contributed by atoms with van der Waals surface area (Å²) in [6.45, 7) is 2.77. The van der Waals surface area contributed by atoms with E-state index in [1.165, 1.54) is 12.0 Å². The fraction of sp³-hybridized carbons (Fsp3) is 0.706. The molecule has 2 aliphatic rings. The van der Waals surface area contributed by atoms with Crippen molar-refractivity contribution in [2.75, 3.05) is 31.6 Å². The zero-order chi connectivity index (χ0) is 15.2. The average molecular weight is 307 g/mol. The van der Waals surface area contributed by atoms with Crippen LogP contribution in [0.3, 0.4) is 0 Å². The fourth-order valence-corrected chi connectivity index (χ4v) is 3.11. The van der Waals surface area contributed by atoms with E-state index in [0.29, 0.717) is 19.7 Å². The van der Waals surface area contributed by atoms with Crippen LogP contribution in [0.4, 0.5) is 10.2 Å². The molecular formula is C17H26FN3O. The van der Waals surface area contributed by atoms with Crippen molar-refractivity contribution >= 4 is 5.82 Å². The van der Waals surface area contributed by atoms with Gasteiger partial charge in [0, 0.05) is 31.9 Å². The number of rotatable bonds is 7. The molecule has 0 saturated carbocycles. The lowest BCUT2D eigenvalue weighted by Gasteiger charge is -2.17. The molecule has 0 bridgehead atoms. The van der Waals surface area contributed by atoms with Gasteiger partial charge in [0.15, 0.2) is 0 Å². The van der Waals surface area contributed by atoms with Crippen molar-refractivity contribution in [2.45, 2.75) is 50.8 Å². The van der Waals surface area contributed by atoms with Gasteiger partial charge in [0.25, 0.3) is 0 Å². The normalized spacial score (nSPS) is 24.0. The number of hydrogen-bond acceptors (Lipinski definition) is 4. The number of nitrogens with zero attached hydrogens (tertiary/aromatic N) is 1. The lowest BCUT2D eigenvalue weighted by molar-refractivity contribution is 0.0230. The minimum absolute atomic E-state index is 0.242. The highest BCUT2D eigenvalue weighted by molar-refractivity contribution is 5.46. The van der Waals surface area contributed by atoms with E-state index in [2.05, 4.69) is 22.8 Å². The quantitative estimate of drug-likeness (QED) is 0.760. The average Bonchev–Trinajstić information content (AvgIpc) is 2.96. The third kappa shape index (κ3) is 4.17. The molecule has 2 N–H and O–H groups in total. The number of alkyl halides is 1. The second-order valence-corrected chi connectivity index (χ2v) is 6.23. The Labute approximate surface area is 131 Å². The molecule has 0 aromatic carbocycles. The van der Waals surface area contributed by atoms with E-state index >= 15 is 0 Å². The molecule has 0 amide bonds. The molecule has 4 nitrogen and oxygen atoms in total. The topological polar surface area (TPSA) is 46.2 Å². The van der Waals surface area contributed by atoms with Gasteiger partial charge in [0.05, 0.1) is 0 Å². The van der Waals surface area contributed by atoms with E-state index in [-0.39, 0.29) is 6.10 Å². The predicted octanol–water partition coefficient (Wildman–Crippen LogP) is 2.48. The Morgan fingerprint density at radius 3 is 3.05 bits per heavy atom. The highest BCUT2D eigenvalue weighted by Crippen LogP contribution is 2.20. The minimum atomic E-state index is -0.841. The van der Waals surface area contributed by atoms with Crippen molar-refractivity contribution in [3.8, 4) is 0 Å². The van der Waals surface area contributed by atoms with Crippen LogP contribution in [0.5, 0.6) is 0 Å². The van der Waals surface area contributed by atoms with E-state index in [0.717, 1.165) is 50.2 Å². The van der Waals surface area contributed by atoms with E-state index < -0.39 is 6.17 Å². The van der Waals surface area contributed by atoms with Gasteiger partial charge in [-0.15, -0.1) is 0 Å². The van der Waals surface area contributed by atoms with Crippen molar-refractivity contribution in [1.29, 1.82) is 0 Å². The summed E-state index contributed by atoms with van der Waals surface area (Å²) in [7, 11) is 0. The summed E-state index contributed by atoms with van der Waals surface area (Å²) in [6, 6.07) is 4.36. The Kier molecular flexibility index (Phi) is 5.62. The summed E-state index contributed by atoms with van der Waals surface area (Å²) >= 11 is 0. The monoisotopic (exact) mass is 307 g/mol. The minimum Gasteiger partial charge on any atom is -0.374 e. The van der Waals surface area contributed by atoms with Gasteiger partial charge in [0.2, 0.25) is 0 Å². The molecule has 3 heterocycles.